The number of anilines is 8. The maximum atomic E-state index is 13.1. The van der Waals surface area contributed by atoms with Gasteiger partial charge < -0.3 is 50.3 Å². The molecule has 4 N–H and O–H groups in total. The van der Waals surface area contributed by atoms with E-state index in [2.05, 4.69) is 112 Å². The van der Waals surface area contributed by atoms with Gasteiger partial charge in [-0.05, 0) is 115 Å². The van der Waals surface area contributed by atoms with Gasteiger partial charge in [0.05, 0.1) is 158 Å². The van der Waals surface area contributed by atoms with E-state index in [4.69, 9.17) is 0 Å². The number of methoxy groups -OCH3 is 2. The first-order valence-corrected chi connectivity index (χ1v) is 39.5. The highest BCUT2D eigenvalue weighted by Gasteiger charge is 2.47. The zero-order valence-electron chi connectivity index (χ0n) is 60.7. The number of ether oxygens (including phenoxy) is 2. The van der Waals surface area contributed by atoms with E-state index >= 15 is 0 Å². The molecule has 6 fully saturated rings. The van der Waals surface area contributed by atoms with Crippen LogP contribution in [0, 0.1) is 0 Å². The molecule has 0 unspecified atom stereocenters. The van der Waals surface area contributed by atoms with Crippen molar-refractivity contribution in [3.63, 3.8) is 0 Å². The van der Waals surface area contributed by atoms with Gasteiger partial charge in [0.15, 0.2) is 0 Å². The smallest absolute Gasteiger partial charge is 0.311 e. The second-order valence-corrected chi connectivity index (χ2v) is 32.6. The summed E-state index contributed by atoms with van der Waals surface area (Å²) in [6.45, 7) is -1.06. The molecule has 4 saturated heterocycles. The van der Waals surface area contributed by atoms with Crippen LogP contribution in [0.1, 0.15) is 130 Å². The van der Waals surface area contributed by atoms with Crippen LogP contribution in [0.25, 0.3) is 0 Å². The van der Waals surface area contributed by atoms with Crippen LogP contribution in [0.3, 0.4) is 0 Å². The first-order chi connectivity index (χ1) is 53.9. The van der Waals surface area contributed by atoms with E-state index in [1.165, 1.54) is 106 Å². The molecule has 4 amide bonds. The zero-order chi connectivity index (χ0) is 80.2. The Morgan fingerprint density at radius 1 is 0.389 bits per heavy atom. The second-order valence-electron chi connectivity index (χ2n) is 27.6. The summed E-state index contributed by atoms with van der Waals surface area (Å²) in [7, 11) is 2.67. The summed E-state index contributed by atoms with van der Waals surface area (Å²) in [6.07, 6.45) is 15.5. The fourth-order valence-electron chi connectivity index (χ4n) is 12.8. The molecule has 2 aliphatic carbocycles. The van der Waals surface area contributed by atoms with Crippen molar-refractivity contribution in [2.45, 2.75) is 138 Å². The molecule has 0 radical (unpaired) electrons. The van der Waals surface area contributed by atoms with Crippen LogP contribution in [-0.2, 0) is 70.3 Å². The van der Waals surface area contributed by atoms with Gasteiger partial charge in [0, 0.05) is 58.3 Å². The number of pyridine rings is 5. The Morgan fingerprint density at radius 3 is 0.876 bits per heavy atom. The summed E-state index contributed by atoms with van der Waals surface area (Å²) in [4.78, 5) is 97.7. The summed E-state index contributed by atoms with van der Waals surface area (Å²) >= 11 is 8.67. The lowest BCUT2D eigenvalue weighted by molar-refractivity contribution is -0.140. The number of alkyl halides is 8. The normalized spacial score (nSPS) is 19.4. The molecule has 29 nitrogen and oxygen atoms in total. The molecule has 113 heavy (non-hydrogen) atoms. The number of esters is 2. The third-order valence-electron chi connectivity index (χ3n) is 18.5. The minimum atomic E-state index is -2.67. The number of aromatic nitrogens is 13. The minimum absolute atomic E-state index is 0.0120. The summed E-state index contributed by atoms with van der Waals surface area (Å²) in [6, 6.07) is 17.0. The highest BCUT2D eigenvalue weighted by Crippen LogP contribution is 2.46. The van der Waals surface area contributed by atoms with Crippen LogP contribution in [0.2, 0.25) is 0 Å². The average molecular weight is 1710 g/mol. The van der Waals surface area contributed by atoms with Gasteiger partial charge in [0.25, 0.3) is 23.7 Å². The van der Waals surface area contributed by atoms with Crippen LogP contribution in [0.15, 0.2) is 96.1 Å². The van der Waals surface area contributed by atoms with Crippen LogP contribution in [0.5, 0.6) is 0 Å². The molecule has 0 spiro atoms. The van der Waals surface area contributed by atoms with Crippen molar-refractivity contribution in [1.82, 2.24) is 65.7 Å². The van der Waals surface area contributed by atoms with Gasteiger partial charge in [-0.2, -0.15) is 0 Å². The predicted octanol–water partition coefficient (Wildman–Crippen LogP) is 11.5. The number of nitrogens with one attached hydrogen (secondary N) is 4. The molecule has 6 aliphatic rings. The topological polar surface area (TPSA) is 350 Å². The standard InChI is InChI=1S/C30H30F4N10O2S2.C22H24F2N8O2S2.C11H12F2N2O2.C8H8BrNO2/c31-29(32)13-43(14-29)21-6-4-19(35-11-21)9-23(45)37-27-41-39-25(47-27)17-2-1-3-18(8-17)26-40-42-28(48-26)38-24(46)10-20-5-7-22(12-36-20)44-15-30(33,34)16-44;1-12(33)26-20-30-28-18(35-20)13-3-2-4-14(7-13)19-29-31-21(36-19)27-17(34)8-15-5-6-16(9-25-15)32-10-22(23,24)11-32;1-17-10(16)4-8-2-3-9(5-14-8)15-6-11(12,13)7-15;1-12-8(11)4-7-3-2-6(9)5-10-7/h4-7,11-12,17-18H,1-3,8-10,13-16H2,(H,37,41,45)(H,38,42,46);5-6,9,13-14H,2-4,7-8,10-11H2,1H3,(H,26,30,33)(H,27,31,34);2-3,5H,4,6-7H2,1H3;2-3,5H,4H2,1H3/t17-,18-;13-,14-;;/m00../s1. The number of hydrogen-bond acceptors (Lipinski definition) is 29. The van der Waals surface area contributed by atoms with Gasteiger partial charge in [-0.1, -0.05) is 58.2 Å². The Kier molecular flexibility index (Phi) is 26.5. The Morgan fingerprint density at radius 2 is 0.646 bits per heavy atom. The van der Waals surface area contributed by atoms with E-state index in [0.29, 0.717) is 71.7 Å². The largest absolute Gasteiger partial charge is 0.469 e. The molecule has 4 atom stereocenters. The molecule has 9 aromatic rings. The van der Waals surface area contributed by atoms with Crippen molar-refractivity contribution < 1.29 is 73.4 Å². The third-order valence-corrected chi connectivity index (χ3v) is 23.0. The van der Waals surface area contributed by atoms with Crippen LogP contribution in [-0.4, -0.2) is 192 Å². The zero-order valence-corrected chi connectivity index (χ0v) is 65.6. The molecule has 13 heterocycles. The average Bonchev–Trinajstić information content (AvgIpc) is 1.64. The first kappa shape index (κ1) is 82.4. The summed E-state index contributed by atoms with van der Waals surface area (Å²) < 4.78 is 114. The van der Waals surface area contributed by atoms with Gasteiger partial charge in [-0.15, -0.1) is 40.8 Å². The number of carbonyl (C=O) groups excluding carboxylic acids is 6. The molecule has 9 aromatic heterocycles. The van der Waals surface area contributed by atoms with Crippen molar-refractivity contribution in [2.24, 2.45) is 0 Å². The summed E-state index contributed by atoms with van der Waals surface area (Å²) in [5.74, 6) is -11.6. The molecule has 15 rings (SSSR count). The van der Waals surface area contributed by atoms with Crippen molar-refractivity contribution >= 4 is 140 Å². The van der Waals surface area contributed by atoms with Crippen molar-refractivity contribution in [3.8, 4) is 0 Å². The maximum Gasteiger partial charge on any atom is 0.311 e. The van der Waals surface area contributed by atoms with Gasteiger partial charge >= 0.3 is 11.9 Å². The van der Waals surface area contributed by atoms with Gasteiger partial charge in [0.1, 0.15) is 20.0 Å². The Balaban J connectivity index is 0.000000158. The van der Waals surface area contributed by atoms with E-state index in [9.17, 15) is 63.9 Å². The van der Waals surface area contributed by atoms with Crippen molar-refractivity contribution in [1.29, 1.82) is 0 Å². The predicted molar refractivity (Wildman–Crippen MR) is 408 cm³/mol. The SMILES string of the molecule is CC(=O)Nc1nnc([C@H]2CCC[C@H](c3nnc(NC(=O)Cc4ccc(N5CC(F)(F)C5)cn4)s3)C2)s1.COC(=O)Cc1ccc(Br)cn1.COC(=O)Cc1ccc(N2CC(F)(F)C2)cn1.O=C(Cc1ccc(N2CC(F)(F)C2)cn1)Nc1nnc([C@H]2CCC[C@H](c3nnc(NC(=O)Cc4ccc(N5CC(F)(F)C5)cn4)s3)C2)s1. The van der Waals surface area contributed by atoms with Gasteiger partial charge in [0.2, 0.25) is 44.2 Å². The van der Waals surface area contributed by atoms with E-state index in [1.54, 1.807) is 65.7 Å². The Labute approximate surface area is 665 Å². The molecule has 2 saturated carbocycles. The van der Waals surface area contributed by atoms with E-state index in [1.807, 2.05) is 6.07 Å². The number of halogens is 9. The summed E-state index contributed by atoms with van der Waals surface area (Å²) in [5.41, 5.74) is 5.29. The number of carbonyl (C=O) groups is 6. The van der Waals surface area contributed by atoms with Crippen molar-refractivity contribution in [3.05, 3.63) is 145 Å². The molecule has 0 bridgehead atoms. The minimum Gasteiger partial charge on any atom is -0.469 e. The van der Waals surface area contributed by atoms with Crippen LogP contribution in [0.4, 0.5) is 78.4 Å². The summed E-state index contributed by atoms with van der Waals surface area (Å²) in [5, 5.41) is 49.9. The molecular formula is C71H74BrF8N21O8S4. The fraction of sp³-hybridized carbons (Fsp3) is 0.451. The molecule has 4 aliphatic heterocycles. The first-order valence-electron chi connectivity index (χ1n) is 35.5. The lowest BCUT2D eigenvalue weighted by Gasteiger charge is -2.40. The molecule has 598 valence electrons. The monoisotopic (exact) mass is 1710 g/mol. The highest BCUT2D eigenvalue weighted by molar-refractivity contribution is 9.10. The Hall–Kier alpha value is -10.1. The van der Waals surface area contributed by atoms with E-state index < -0.39 is 23.7 Å². The van der Waals surface area contributed by atoms with Crippen molar-refractivity contribution in [2.75, 3.05) is 107 Å². The maximum absolute atomic E-state index is 13.1. The number of nitrogens with zero attached hydrogens (tertiary/aromatic N) is 17. The quantitative estimate of drug-likeness (QED) is 0.0362. The van der Waals surface area contributed by atoms with E-state index in [-0.39, 0.29) is 144 Å². The molecule has 42 heteroatoms. The fourth-order valence-corrected chi connectivity index (χ4v) is 16.7. The van der Waals surface area contributed by atoms with Gasteiger partial charge in [-0.3, -0.25) is 53.7 Å². The third kappa shape index (κ3) is 23.5. The van der Waals surface area contributed by atoms with Gasteiger partial charge in [-0.25, -0.2) is 35.1 Å². The Bertz CT molecular complexity index is 4630. The van der Waals surface area contributed by atoms with Crippen LogP contribution < -0.4 is 40.9 Å². The number of amides is 4. The highest BCUT2D eigenvalue weighted by atomic mass is 79.9. The van der Waals surface area contributed by atoms with E-state index in [0.717, 1.165) is 75.9 Å². The van der Waals surface area contributed by atoms with Crippen LogP contribution >= 0.6 is 61.3 Å². The lowest BCUT2D eigenvalue weighted by atomic mass is 9.82. The molecule has 0 aromatic carbocycles. The lowest BCUT2D eigenvalue weighted by Crippen LogP contribution is -2.56. The molecular weight excluding hydrogens is 1640 g/mol. The number of rotatable bonds is 22. The second kappa shape index (κ2) is 36.4. The number of hydrogen-bond donors (Lipinski definition) is 4.